The largest absolute Gasteiger partial charge is 0.289 e. The van der Waals surface area contributed by atoms with Crippen LogP contribution in [0.25, 0.3) is 0 Å². The van der Waals surface area contributed by atoms with E-state index in [-0.39, 0.29) is 5.82 Å². The number of carbonyl (C=O) groups excluding carboxylic acids is 1. The second-order valence-corrected chi connectivity index (χ2v) is 5.96. The highest BCUT2D eigenvalue weighted by Crippen LogP contribution is 2.09. The first-order valence-corrected chi connectivity index (χ1v) is 6.32. The average Bonchev–Trinajstić information content (AvgIpc) is 2.27. The Labute approximate surface area is 102 Å². The van der Waals surface area contributed by atoms with E-state index in [0.29, 0.717) is 4.22 Å². The summed E-state index contributed by atoms with van der Waals surface area (Å²) in [4.78, 5) is 19.4. The van der Waals surface area contributed by atoms with Crippen LogP contribution < -0.4 is 0 Å². The van der Waals surface area contributed by atoms with E-state index in [1.54, 1.807) is 6.92 Å². The van der Waals surface area contributed by atoms with Gasteiger partial charge in [-0.3, -0.25) is 9.01 Å². The molecule has 0 aliphatic rings. The van der Waals surface area contributed by atoms with Crippen molar-refractivity contribution in [2.24, 2.45) is 0 Å². The minimum absolute atomic E-state index is 0.131. The maximum absolute atomic E-state index is 11.8. The number of carbonyl (C=O) groups is 1. The highest BCUT2D eigenvalue weighted by atomic mass is 32.2. The summed E-state index contributed by atoms with van der Waals surface area (Å²) in [6.45, 7) is 3.02. The number of rotatable bonds is 4. The van der Waals surface area contributed by atoms with Gasteiger partial charge >= 0.3 is 0 Å². The summed E-state index contributed by atoms with van der Waals surface area (Å²) < 4.78 is 23.8. The van der Waals surface area contributed by atoms with Crippen LogP contribution in [0.15, 0.2) is 12.4 Å². The number of nitrogens with zero attached hydrogens (tertiary/aromatic N) is 3. The van der Waals surface area contributed by atoms with Gasteiger partial charge < -0.3 is 0 Å². The second-order valence-electron chi connectivity index (χ2n) is 3.65. The van der Waals surface area contributed by atoms with Crippen molar-refractivity contribution >= 4 is 23.8 Å². The van der Waals surface area contributed by atoms with Crippen molar-refractivity contribution in [2.45, 2.75) is 19.1 Å². The quantitative estimate of drug-likeness (QED) is 0.543. The lowest BCUT2D eigenvalue weighted by molar-refractivity contribution is 0.0980. The zero-order valence-electron chi connectivity index (χ0n) is 9.78. The minimum Gasteiger partial charge on any atom is -0.289 e. The van der Waals surface area contributed by atoms with Crippen LogP contribution in [0.3, 0.4) is 0 Å². The van der Waals surface area contributed by atoms with E-state index in [1.807, 2.05) is 0 Å². The first-order chi connectivity index (χ1) is 7.76. The van der Waals surface area contributed by atoms with E-state index in [9.17, 15) is 13.2 Å². The Kier molecular flexibility index (Phi) is 4.00. The van der Waals surface area contributed by atoms with E-state index in [0.717, 1.165) is 12.6 Å². The van der Waals surface area contributed by atoms with Crippen molar-refractivity contribution in [1.29, 1.82) is 0 Å². The Morgan fingerprint density at radius 2 is 1.88 bits per heavy atom. The SMILES string of the molecule is [B]N(C)S(=O)(=O)C(C)C(=O)c1ncc(C)cn1. The molecule has 0 amide bonds. The Balaban J connectivity index is 3.03. The van der Waals surface area contributed by atoms with Crippen LogP contribution in [0.5, 0.6) is 0 Å². The van der Waals surface area contributed by atoms with Crippen LogP contribution in [-0.2, 0) is 10.0 Å². The van der Waals surface area contributed by atoms with Crippen molar-refractivity contribution in [3.63, 3.8) is 0 Å². The molecule has 6 nitrogen and oxygen atoms in total. The van der Waals surface area contributed by atoms with Crippen molar-refractivity contribution in [3.8, 4) is 0 Å². The minimum atomic E-state index is -3.85. The van der Waals surface area contributed by atoms with Crippen LogP contribution in [-0.4, -0.2) is 48.7 Å². The Morgan fingerprint density at radius 3 is 2.29 bits per heavy atom. The molecule has 1 rings (SSSR count). The molecule has 0 saturated heterocycles. The van der Waals surface area contributed by atoms with E-state index in [1.165, 1.54) is 19.3 Å². The third kappa shape index (κ3) is 2.89. The Morgan fingerprint density at radius 1 is 1.41 bits per heavy atom. The zero-order valence-corrected chi connectivity index (χ0v) is 10.6. The van der Waals surface area contributed by atoms with E-state index >= 15 is 0 Å². The first kappa shape index (κ1) is 13.8. The average molecular weight is 253 g/mol. The number of sulfonamides is 1. The molecule has 1 aromatic heterocycles. The topological polar surface area (TPSA) is 80.2 Å². The molecule has 1 heterocycles. The van der Waals surface area contributed by atoms with Gasteiger partial charge in [0.15, 0.2) is 5.82 Å². The maximum atomic E-state index is 11.8. The molecule has 0 aliphatic heterocycles. The third-order valence-corrected chi connectivity index (χ3v) is 4.13. The predicted molar refractivity (Wildman–Crippen MR) is 63.0 cm³/mol. The number of hydrogen-bond donors (Lipinski definition) is 0. The molecule has 1 unspecified atom stereocenters. The van der Waals surface area contributed by atoms with Crippen LogP contribution in [0, 0.1) is 6.92 Å². The van der Waals surface area contributed by atoms with Gasteiger partial charge in [-0.15, -0.1) is 0 Å². The summed E-state index contributed by atoms with van der Waals surface area (Å²) in [7, 11) is 2.47. The molecule has 0 bridgehead atoms. The van der Waals surface area contributed by atoms with Gasteiger partial charge in [0.1, 0.15) is 5.25 Å². The lowest BCUT2D eigenvalue weighted by Crippen LogP contribution is -2.38. The summed E-state index contributed by atoms with van der Waals surface area (Å²) in [5.41, 5.74) is 0.785. The summed E-state index contributed by atoms with van der Waals surface area (Å²) in [5.74, 6) is -0.809. The van der Waals surface area contributed by atoms with Crippen molar-refractivity contribution in [3.05, 3.63) is 23.8 Å². The fourth-order valence-corrected chi connectivity index (χ4v) is 1.96. The summed E-state index contributed by atoms with van der Waals surface area (Å²) >= 11 is 0. The molecular weight excluding hydrogens is 241 g/mol. The fourth-order valence-electron chi connectivity index (χ4n) is 1.09. The number of aryl methyl sites for hydroxylation is 1. The molecule has 1 aromatic rings. The van der Waals surface area contributed by atoms with E-state index in [4.69, 9.17) is 7.98 Å². The summed E-state index contributed by atoms with van der Waals surface area (Å²) in [6.07, 6.45) is 2.90. The van der Waals surface area contributed by atoms with Crippen LogP contribution in [0.4, 0.5) is 0 Å². The smallest absolute Gasteiger partial charge is 0.219 e. The van der Waals surface area contributed by atoms with E-state index in [2.05, 4.69) is 9.97 Å². The molecule has 17 heavy (non-hydrogen) atoms. The lowest BCUT2D eigenvalue weighted by atomic mass is 10.3. The van der Waals surface area contributed by atoms with Crippen molar-refractivity contribution < 1.29 is 13.2 Å². The molecule has 2 radical (unpaired) electrons. The molecule has 0 spiro atoms. The van der Waals surface area contributed by atoms with Gasteiger partial charge in [-0.25, -0.2) is 18.4 Å². The second kappa shape index (κ2) is 4.93. The van der Waals surface area contributed by atoms with Gasteiger partial charge in [-0.05, 0) is 26.5 Å². The molecule has 0 N–H and O–H groups in total. The lowest BCUT2D eigenvalue weighted by Gasteiger charge is -2.16. The zero-order chi connectivity index (χ0) is 13.2. The third-order valence-electron chi connectivity index (χ3n) is 2.22. The van der Waals surface area contributed by atoms with Crippen molar-refractivity contribution in [2.75, 3.05) is 7.05 Å². The van der Waals surface area contributed by atoms with Gasteiger partial charge in [0, 0.05) is 12.4 Å². The maximum Gasteiger partial charge on any atom is 0.219 e. The number of Topliss-reactive ketones (excluding diaryl/α,β-unsaturated/α-hetero) is 1. The molecule has 8 heteroatoms. The fraction of sp³-hybridized carbons (Fsp3) is 0.444. The van der Waals surface area contributed by atoms with Gasteiger partial charge in [0.25, 0.3) is 0 Å². The molecule has 1 atom stereocenters. The highest BCUT2D eigenvalue weighted by molar-refractivity contribution is 7.91. The molecule has 90 valence electrons. The molecular formula is C9H12BN3O3S. The number of hydrogen-bond acceptors (Lipinski definition) is 5. The number of aromatic nitrogens is 2. The van der Waals surface area contributed by atoms with Crippen LogP contribution >= 0.6 is 0 Å². The summed E-state index contributed by atoms with van der Waals surface area (Å²) in [5, 5.41) is -1.31. The van der Waals surface area contributed by atoms with Crippen LogP contribution in [0.1, 0.15) is 23.1 Å². The monoisotopic (exact) mass is 253 g/mol. The van der Waals surface area contributed by atoms with Crippen molar-refractivity contribution in [1.82, 2.24) is 14.2 Å². The Bertz CT molecular complexity index is 513. The van der Waals surface area contributed by atoms with Gasteiger partial charge in [-0.1, -0.05) is 0 Å². The molecule has 0 aromatic carbocycles. The first-order valence-electron chi connectivity index (χ1n) is 4.82. The highest BCUT2D eigenvalue weighted by Gasteiger charge is 2.31. The standard InChI is InChI=1S/C9H12BN3O3S/c1-6-4-11-9(12-5-6)8(14)7(2)17(15,16)13(3)10/h4-5,7H,1-3H3. The van der Waals surface area contributed by atoms with Crippen LogP contribution in [0.2, 0.25) is 0 Å². The van der Waals surface area contributed by atoms with Gasteiger partial charge in [0.2, 0.25) is 23.8 Å². The molecule has 0 aliphatic carbocycles. The Hall–Kier alpha value is -1.28. The molecule has 0 saturated carbocycles. The molecule has 0 fully saturated rings. The van der Waals surface area contributed by atoms with Gasteiger partial charge in [0.05, 0.1) is 0 Å². The predicted octanol–water partition coefficient (Wildman–Crippen LogP) is -0.299. The van der Waals surface area contributed by atoms with E-state index < -0.39 is 21.1 Å². The van der Waals surface area contributed by atoms with Gasteiger partial charge in [-0.2, -0.15) is 0 Å². The number of ketones is 1. The summed E-state index contributed by atoms with van der Waals surface area (Å²) in [6, 6.07) is 0. The normalized spacial score (nSPS) is 13.6.